The number of cyclic esters (lactones) is 1. The Bertz CT molecular complexity index is 1740. The Kier molecular flexibility index (Phi) is 15.2. The van der Waals surface area contributed by atoms with E-state index >= 15 is 0 Å². The fourth-order valence-corrected chi connectivity index (χ4v) is 9.45. The number of nitrogens with two attached hydrogens (primary N) is 1. The number of aryl methyl sites for hydroxylation is 1. The standard InChI is InChI=1S/C43H69N7O9/c1-12-34-43(8)37(50(41(54)59-43)19-14-13-18-49-24-32(46-47-49)30-16-15-17-31(44)21-30)29(6)45-23-25(2)22-42(7,55-11)38(27(4)35(51)28(5)39(53)57-34)58-40-36(52)33(48(9)10)20-26(3)56-40/h15-17,21,24-29,33-34,36-38,40,45,52H,12-14,18-20,22-23,44H2,1-11H3/t25-,26?,27+,28-,29-,33?,34-,36?,37-,38-,40+,42-,43-/m1/s1. The van der Waals surface area contributed by atoms with Crippen molar-refractivity contribution in [1.82, 2.24) is 30.1 Å². The van der Waals surface area contributed by atoms with E-state index in [0.717, 1.165) is 11.3 Å². The third-order valence-electron chi connectivity index (χ3n) is 12.8. The van der Waals surface area contributed by atoms with E-state index in [-0.39, 0.29) is 24.1 Å². The Balaban J connectivity index is 1.38. The zero-order valence-electron chi connectivity index (χ0n) is 36.9. The number of amides is 1. The molecule has 1 amide bonds. The number of hydrogen-bond donors (Lipinski definition) is 3. The van der Waals surface area contributed by atoms with Crippen molar-refractivity contribution in [1.29, 1.82) is 0 Å². The second-order valence-electron chi connectivity index (χ2n) is 17.8. The first-order valence-electron chi connectivity index (χ1n) is 21.3. The number of nitrogens with one attached hydrogen (secondary N) is 1. The number of benzene rings is 1. The summed E-state index contributed by atoms with van der Waals surface area (Å²) in [5.41, 5.74) is 5.95. The summed E-state index contributed by atoms with van der Waals surface area (Å²) < 4.78 is 33.3. The number of aliphatic hydroxyl groups is 1. The van der Waals surface area contributed by atoms with Crippen molar-refractivity contribution in [2.75, 3.05) is 40.0 Å². The highest BCUT2D eigenvalue weighted by atomic mass is 16.7. The Morgan fingerprint density at radius 2 is 1.80 bits per heavy atom. The van der Waals surface area contributed by atoms with Gasteiger partial charge in [-0.1, -0.05) is 38.1 Å². The number of aliphatic hydroxyl groups excluding tert-OH is 1. The lowest BCUT2D eigenvalue weighted by atomic mass is 9.78. The molecule has 3 unspecified atom stereocenters. The van der Waals surface area contributed by atoms with E-state index in [4.69, 9.17) is 29.4 Å². The van der Waals surface area contributed by atoms with Gasteiger partial charge in [0.2, 0.25) is 0 Å². The summed E-state index contributed by atoms with van der Waals surface area (Å²) >= 11 is 0. The molecular weight excluding hydrogens is 759 g/mol. The molecule has 0 spiro atoms. The van der Waals surface area contributed by atoms with Crippen LogP contribution in [0.25, 0.3) is 11.3 Å². The van der Waals surface area contributed by atoms with Crippen LogP contribution < -0.4 is 11.1 Å². The van der Waals surface area contributed by atoms with E-state index in [2.05, 4.69) is 22.6 Å². The fraction of sp³-hybridized carbons (Fsp3) is 0.744. The van der Waals surface area contributed by atoms with Crippen molar-refractivity contribution in [3.05, 3.63) is 30.5 Å². The molecule has 3 saturated heterocycles. The van der Waals surface area contributed by atoms with Gasteiger partial charge >= 0.3 is 12.1 Å². The van der Waals surface area contributed by atoms with Gasteiger partial charge in [0.1, 0.15) is 23.8 Å². The number of anilines is 1. The Hall–Kier alpha value is -3.67. The van der Waals surface area contributed by atoms with Crippen molar-refractivity contribution in [3.8, 4) is 11.3 Å². The molecule has 3 fully saturated rings. The maximum atomic E-state index is 14.4. The molecule has 3 aliphatic heterocycles. The summed E-state index contributed by atoms with van der Waals surface area (Å²) in [5, 5.41) is 23.7. The molecule has 330 valence electrons. The number of esters is 1. The number of Topliss-reactive ketones (excluding diaryl/α,β-unsaturated/α-hetero) is 1. The number of hydrogen-bond acceptors (Lipinski definition) is 14. The molecule has 16 nitrogen and oxygen atoms in total. The van der Waals surface area contributed by atoms with Gasteiger partial charge in [0.15, 0.2) is 17.7 Å². The monoisotopic (exact) mass is 828 g/mol. The Labute approximate surface area is 349 Å². The summed E-state index contributed by atoms with van der Waals surface area (Å²) in [6.07, 6.45) is 0.194. The van der Waals surface area contributed by atoms with Gasteiger partial charge in [-0.15, -0.1) is 5.10 Å². The van der Waals surface area contributed by atoms with Crippen LogP contribution in [0.15, 0.2) is 30.5 Å². The third-order valence-corrected chi connectivity index (χ3v) is 12.8. The van der Waals surface area contributed by atoms with E-state index in [9.17, 15) is 19.5 Å². The van der Waals surface area contributed by atoms with Crippen LogP contribution in [0.3, 0.4) is 0 Å². The molecule has 0 bridgehead atoms. The first kappa shape index (κ1) is 46.4. The van der Waals surface area contributed by atoms with Crippen LogP contribution in [-0.2, 0) is 39.8 Å². The highest BCUT2D eigenvalue weighted by Crippen LogP contribution is 2.40. The number of rotatable bonds is 11. The molecule has 0 saturated carbocycles. The number of nitrogens with zero attached hydrogens (tertiary/aromatic N) is 5. The second-order valence-corrected chi connectivity index (χ2v) is 17.8. The van der Waals surface area contributed by atoms with E-state index in [0.29, 0.717) is 57.4 Å². The van der Waals surface area contributed by atoms with Crippen molar-refractivity contribution in [3.63, 3.8) is 0 Å². The van der Waals surface area contributed by atoms with Gasteiger partial charge in [-0.05, 0) is 105 Å². The maximum Gasteiger partial charge on any atom is 0.410 e. The fourth-order valence-electron chi connectivity index (χ4n) is 9.45. The number of carbonyl (C=O) groups excluding carboxylic acids is 3. The van der Waals surface area contributed by atoms with Crippen molar-refractivity contribution in [2.24, 2.45) is 17.8 Å². The zero-order valence-corrected chi connectivity index (χ0v) is 36.9. The SMILES string of the molecule is CC[C@H]1OC(=O)[C@H](C)C(=O)[C@H](C)[C@@H](O[C@@H]2OC(C)CC(N(C)C)C2O)[C@](C)(OC)C[C@@H](C)CN[C@H](C)[C@H]2N(CCCCn3cc(-c4cccc(N)c4)nn3)C(=O)O[C@]12C. The van der Waals surface area contributed by atoms with Gasteiger partial charge in [0.05, 0.1) is 30.0 Å². The average Bonchev–Trinajstić information content (AvgIpc) is 3.77. The van der Waals surface area contributed by atoms with Gasteiger partial charge < -0.3 is 44.7 Å². The number of fused-ring (bicyclic) bond motifs is 1. The summed E-state index contributed by atoms with van der Waals surface area (Å²) in [7, 11) is 5.39. The van der Waals surface area contributed by atoms with E-state index in [1.807, 2.05) is 84.1 Å². The molecule has 5 rings (SSSR count). The van der Waals surface area contributed by atoms with Crippen molar-refractivity contribution in [2.45, 2.75) is 154 Å². The number of ketones is 1. The number of unbranched alkanes of at least 4 members (excludes halogenated alkanes) is 1. The molecule has 59 heavy (non-hydrogen) atoms. The predicted octanol–water partition coefficient (Wildman–Crippen LogP) is 4.28. The van der Waals surface area contributed by atoms with E-state index in [1.165, 1.54) is 6.92 Å². The van der Waals surface area contributed by atoms with Crippen LogP contribution in [0.2, 0.25) is 0 Å². The lowest BCUT2D eigenvalue weighted by molar-refractivity contribution is -0.295. The molecule has 4 heterocycles. The minimum absolute atomic E-state index is 0.0125. The molecule has 1 aromatic carbocycles. The lowest BCUT2D eigenvalue weighted by Crippen LogP contribution is -2.61. The van der Waals surface area contributed by atoms with Crippen LogP contribution in [0.4, 0.5) is 10.5 Å². The maximum absolute atomic E-state index is 14.4. The molecule has 13 atom stereocenters. The first-order valence-corrected chi connectivity index (χ1v) is 21.3. The van der Waals surface area contributed by atoms with Crippen LogP contribution in [0, 0.1) is 17.8 Å². The summed E-state index contributed by atoms with van der Waals surface area (Å²) in [5.74, 6) is -3.16. The predicted molar refractivity (Wildman–Crippen MR) is 222 cm³/mol. The number of nitrogen functional groups attached to an aromatic ring is 1. The lowest BCUT2D eigenvalue weighted by Gasteiger charge is -2.46. The largest absolute Gasteiger partial charge is 0.458 e. The summed E-state index contributed by atoms with van der Waals surface area (Å²) in [6.45, 7) is 16.4. The number of likely N-dealkylation sites (N-methyl/N-ethyl adjacent to an activating group) is 1. The minimum Gasteiger partial charge on any atom is -0.458 e. The molecule has 4 N–H and O–H groups in total. The second kappa shape index (κ2) is 19.4. The molecular formula is C43H69N7O9. The molecule has 2 aromatic rings. The smallest absolute Gasteiger partial charge is 0.410 e. The molecule has 1 aromatic heterocycles. The highest BCUT2D eigenvalue weighted by Gasteiger charge is 2.58. The van der Waals surface area contributed by atoms with E-state index < -0.39 is 71.5 Å². The zero-order chi connectivity index (χ0) is 43.4. The van der Waals surface area contributed by atoms with Gasteiger partial charge in [-0.2, -0.15) is 0 Å². The number of carbonyl (C=O) groups is 3. The number of aromatic nitrogens is 3. The van der Waals surface area contributed by atoms with Gasteiger partial charge in [0, 0.05) is 49.5 Å². The molecule has 3 aliphatic rings. The van der Waals surface area contributed by atoms with Crippen molar-refractivity contribution >= 4 is 23.5 Å². The molecule has 16 heteroatoms. The highest BCUT2D eigenvalue weighted by molar-refractivity contribution is 6.00. The number of ether oxygens (including phenoxy) is 5. The average molecular weight is 828 g/mol. The topological polar surface area (TPSA) is 193 Å². The normalized spacial score (nSPS) is 36.5. The Morgan fingerprint density at radius 1 is 1.08 bits per heavy atom. The first-order chi connectivity index (χ1) is 27.8. The minimum atomic E-state index is -1.23. The van der Waals surface area contributed by atoms with Gasteiger partial charge in [-0.3, -0.25) is 19.2 Å². The van der Waals surface area contributed by atoms with Crippen LogP contribution in [0.5, 0.6) is 0 Å². The quantitative estimate of drug-likeness (QED) is 0.126. The van der Waals surface area contributed by atoms with Crippen molar-refractivity contribution < 1.29 is 43.2 Å². The van der Waals surface area contributed by atoms with Crippen LogP contribution in [0.1, 0.15) is 87.5 Å². The number of methoxy groups -OCH3 is 1. The van der Waals surface area contributed by atoms with E-state index in [1.54, 1.807) is 23.6 Å². The summed E-state index contributed by atoms with van der Waals surface area (Å²) in [6, 6.07) is 6.46. The van der Waals surface area contributed by atoms with Crippen LogP contribution >= 0.6 is 0 Å². The Morgan fingerprint density at radius 3 is 2.46 bits per heavy atom. The van der Waals surface area contributed by atoms with Crippen LogP contribution in [-0.4, -0.2) is 142 Å². The molecule has 0 aliphatic carbocycles. The van der Waals surface area contributed by atoms with Gasteiger partial charge in [-0.25, -0.2) is 4.79 Å². The van der Waals surface area contributed by atoms with Gasteiger partial charge in [0.25, 0.3) is 0 Å². The third kappa shape index (κ3) is 10.3. The molecule has 0 radical (unpaired) electrons. The summed E-state index contributed by atoms with van der Waals surface area (Å²) in [4.78, 5) is 45.9.